The van der Waals surface area contributed by atoms with Crippen molar-refractivity contribution in [1.29, 1.82) is 0 Å². The van der Waals surface area contributed by atoms with E-state index in [1.54, 1.807) is 6.92 Å². The van der Waals surface area contributed by atoms with E-state index in [-0.39, 0.29) is 5.56 Å². The lowest BCUT2D eigenvalue weighted by atomic mass is 10.1. The molecule has 0 bridgehead atoms. The monoisotopic (exact) mass is 278 g/mol. The highest BCUT2D eigenvalue weighted by Gasteiger charge is 2.34. The first-order valence-corrected chi connectivity index (χ1v) is 5.83. The number of rotatable bonds is 4. The van der Waals surface area contributed by atoms with Crippen LogP contribution in [0.25, 0.3) is 0 Å². The molecule has 0 aliphatic carbocycles. The molecule has 0 saturated heterocycles. The smallest absolute Gasteiger partial charge is 0.419 e. The maximum atomic E-state index is 13.0. The Labute approximate surface area is 108 Å². The molecule has 0 heterocycles. The van der Waals surface area contributed by atoms with Crippen LogP contribution in [-0.4, -0.2) is 12.1 Å². The molecular weight excluding hydrogens is 264 g/mol. The Morgan fingerprint density at radius 2 is 2.00 bits per heavy atom. The van der Waals surface area contributed by atoms with Crippen LogP contribution in [0, 0.1) is 5.82 Å². The van der Waals surface area contributed by atoms with Gasteiger partial charge in [-0.2, -0.15) is 13.2 Å². The number of alkyl halides is 3. The van der Waals surface area contributed by atoms with Gasteiger partial charge in [0.05, 0.1) is 17.2 Å². The lowest BCUT2D eigenvalue weighted by molar-refractivity contribution is -0.140. The summed E-state index contributed by atoms with van der Waals surface area (Å²) in [6, 6.07) is 2.06. The molecule has 0 spiro atoms. The quantitative estimate of drug-likeness (QED) is 0.609. The summed E-state index contributed by atoms with van der Waals surface area (Å²) in [5, 5.41) is 0. The molecule has 1 aromatic rings. The maximum absolute atomic E-state index is 13.0. The van der Waals surface area contributed by atoms with Crippen LogP contribution < -0.4 is 0 Å². The second kappa shape index (κ2) is 6.04. The predicted octanol–water partition coefficient (Wildman–Crippen LogP) is 4.19. The van der Waals surface area contributed by atoms with Gasteiger partial charge >= 0.3 is 12.1 Å². The molecule has 6 heteroatoms. The zero-order chi connectivity index (χ0) is 14.6. The van der Waals surface area contributed by atoms with Gasteiger partial charge in [0.1, 0.15) is 5.82 Å². The van der Waals surface area contributed by atoms with Gasteiger partial charge in [0.25, 0.3) is 0 Å². The Hall–Kier alpha value is -1.59. The van der Waals surface area contributed by atoms with E-state index >= 15 is 0 Å². The first-order chi connectivity index (χ1) is 8.75. The highest BCUT2D eigenvalue weighted by atomic mass is 19.4. The van der Waals surface area contributed by atoms with E-state index in [1.165, 1.54) is 0 Å². The molecule has 0 aliphatic heterocycles. The van der Waals surface area contributed by atoms with Crippen molar-refractivity contribution in [2.75, 3.05) is 0 Å². The van der Waals surface area contributed by atoms with E-state index in [2.05, 4.69) is 0 Å². The molecule has 0 saturated carbocycles. The molecule has 1 atom stereocenters. The summed E-state index contributed by atoms with van der Waals surface area (Å²) in [6.07, 6.45) is -3.84. The van der Waals surface area contributed by atoms with Gasteiger partial charge in [-0.3, -0.25) is 0 Å². The molecule has 19 heavy (non-hydrogen) atoms. The summed E-state index contributed by atoms with van der Waals surface area (Å²) in [6.45, 7) is 3.54. The number of halogens is 4. The van der Waals surface area contributed by atoms with Gasteiger partial charge in [-0.15, -0.1) is 0 Å². The summed E-state index contributed by atoms with van der Waals surface area (Å²) < 4.78 is 55.4. The van der Waals surface area contributed by atoms with Crippen molar-refractivity contribution in [2.24, 2.45) is 0 Å². The number of ether oxygens (including phenoxy) is 1. The van der Waals surface area contributed by atoms with Gasteiger partial charge in [0.2, 0.25) is 0 Å². The lowest BCUT2D eigenvalue weighted by Crippen LogP contribution is -2.16. The third-order valence-corrected chi connectivity index (χ3v) is 2.51. The highest BCUT2D eigenvalue weighted by molar-refractivity contribution is 5.89. The second-order valence-corrected chi connectivity index (χ2v) is 4.20. The molecule has 1 unspecified atom stereocenters. The van der Waals surface area contributed by atoms with Gasteiger partial charge in [-0.05, 0) is 31.5 Å². The Bertz CT molecular complexity index is 454. The van der Waals surface area contributed by atoms with Crippen molar-refractivity contribution in [3.63, 3.8) is 0 Å². The molecule has 106 valence electrons. The van der Waals surface area contributed by atoms with Crippen LogP contribution in [0.2, 0.25) is 0 Å². The molecule has 0 fully saturated rings. The Morgan fingerprint density at radius 3 is 2.53 bits per heavy atom. The van der Waals surface area contributed by atoms with Crippen LogP contribution in [-0.2, 0) is 10.9 Å². The van der Waals surface area contributed by atoms with E-state index < -0.39 is 29.6 Å². The van der Waals surface area contributed by atoms with Gasteiger partial charge in [-0.25, -0.2) is 9.18 Å². The summed E-state index contributed by atoms with van der Waals surface area (Å²) in [7, 11) is 0. The molecule has 0 radical (unpaired) electrons. The maximum Gasteiger partial charge on any atom is 0.419 e. The molecule has 0 N–H and O–H groups in total. The molecule has 0 aromatic heterocycles. The van der Waals surface area contributed by atoms with E-state index in [0.717, 1.165) is 12.5 Å². The largest absolute Gasteiger partial charge is 0.459 e. The summed E-state index contributed by atoms with van der Waals surface area (Å²) in [4.78, 5) is 11.6. The number of hydrogen-bond acceptors (Lipinski definition) is 2. The lowest BCUT2D eigenvalue weighted by Gasteiger charge is -2.13. The predicted molar refractivity (Wildman–Crippen MR) is 61.2 cm³/mol. The molecule has 2 nitrogen and oxygen atoms in total. The third kappa shape index (κ3) is 4.22. The summed E-state index contributed by atoms with van der Waals surface area (Å²) in [5.74, 6) is -2.29. The number of benzene rings is 1. The van der Waals surface area contributed by atoms with Crippen LogP contribution in [0.5, 0.6) is 0 Å². The molecular formula is C13H14F4O2. The minimum atomic E-state index is -4.84. The molecule has 1 aromatic carbocycles. The number of hydrogen-bond donors (Lipinski definition) is 0. The molecule has 0 aliphatic rings. The number of esters is 1. The van der Waals surface area contributed by atoms with Crippen molar-refractivity contribution in [2.45, 2.75) is 39.0 Å². The summed E-state index contributed by atoms with van der Waals surface area (Å²) >= 11 is 0. The average molecular weight is 278 g/mol. The fraction of sp³-hybridized carbons (Fsp3) is 0.462. The van der Waals surface area contributed by atoms with Gasteiger partial charge in [-0.1, -0.05) is 13.3 Å². The zero-order valence-electron chi connectivity index (χ0n) is 10.6. The fourth-order valence-electron chi connectivity index (χ4n) is 1.59. The van der Waals surface area contributed by atoms with Crippen LogP contribution >= 0.6 is 0 Å². The first kappa shape index (κ1) is 15.5. The van der Waals surface area contributed by atoms with E-state index in [0.29, 0.717) is 18.6 Å². The Morgan fingerprint density at radius 1 is 1.37 bits per heavy atom. The SMILES string of the molecule is CCCC(C)OC(=O)c1ccc(F)c(C(F)(F)F)c1. The van der Waals surface area contributed by atoms with Crippen molar-refractivity contribution in [1.82, 2.24) is 0 Å². The highest BCUT2D eigenvalue weighted by Crippen LogP contribution is 2.32. The minimum absolute atomic E-state index is 0.309. The van der Waals surface area contributed by atoms with E-state index in [4.69, 9.17) is 4.74 Å². The normalized spacial score (nSPS) is 13.2. The fourth-order valence-corrected chi connectivity index (χ4v) is 1.59. The van der Waals surface area contributed by atoms with Crippen LogP contribution in [0.1, 0.15) is 42.6 Å². The third-order valence-electron chi connectivity index (χ3n) is 2.51. The van der Waals surface area contributed by atoms with E-state index in [9.17, 15) is 22.4 Å². The minimum Gasteiger partial charge on any atom is -0.459 e. The van der Waals surface area contributed by atoms with Crippen molar-refractivity contribution in [3.8, 4) is 0 Å². The second-order valence-electron chi connectivity index (χ2n) is 4.20. The Kier molecular flexibility index (Phi) is 4.91. The first-order valence-electron chi connectivity index (χ1n) is 5.83. The molecule has 0 amide bonds. The standard InChI is InChI=1S/C13H14F4O2/c1-3-4-8(2)19-12(18)9-5-6-11(14)10(7-9)13(15,16)17/h5-8H,3-4H2,1-2H3. The van der Waals surface area contributed by atoms with Gasteiger partial charge in [0.15, 0.2) is 0 Å². The number of carbonyl (C=O) groups is 1. The number of carbonyl (C=O) groups excluding carboxylic acids is 1. The topological polar surface area (TPSA) is 26.3 Å². The van der Waals surface area contributed by atoms with Crippen LogP contribution in [0.3, 0.4) is 0 Å². The molecule has 1 rings (SSSR count). The summed E-state index contributed by atoms with van der Waals surface area (Å²) in [5.41, 5.74) is -1.78. The van der Waals surface area contributed by atoms with Crippen molar-refractivity contribution in [3.05, 3.63) is 35.1 Å². The van der Waals surface area contributed by atoms with Crippen molar-refractivity contribution >= 4 is 5.97 Å². The Balaban J connectivity index is 2.93. The van der Waals surface area contributed by atoms with Gasteiger partial charge < -0.3 is 4.74 Å². The van der Waals surface area contributed by atoms with Crippen molar-refractivity contribution < 1.29 is 27.1 Å². The zero-order valence-corrected chi connectivity index (χ0v) is 10.6. The van der Waals surface area contributed by atoms with Gasteiger partial charge in [0, 0.05) is 0 Å². The average Bonchev–Trinajstić information content (AvgIpc) is 2.27. The van der Waals surface area contributed by atoms with Crippen LogP contribution in [0.15, 0.2) is 18.2 Å². The van der Waals surface area contributed by atoms with E-state index in [1.807, 2.05) is 6.92 Å². The van der Waals surface area contributed by atoms with Crippen LogP contribution in [0.4, 0.5) is 17.6 Å².